The lowest BCUT2D eigenvalue weighted by Gasteiger charge is -2.32. The highest BCUT2D eigenvalue weighted by molar-refractivity contribution is 6.54. The van der Waals surface area contributed by atoms with Crippen molar-refractivity contribution in [1.82, 2.24) is 9.78 Å². The van der Waals surface area contributed by atoms with Gasteiger partial charge in [0, 0.05) is 11.8 Å². The molecule has 0 aliphatic carbocycles. The third-order valence-electron chi connectivity index (χ3n) is 4.29. The van der Waals surface area contributed by atoms with Gasteiger partial charge in [-0.2, -0.15) is 5.10 Å². The molecule has 0 N–H and O–H groups in total. The highest BCUT2D eigenvalue weighted by atomic mass is 19.1. The number of halogens is 1. The molecule has 0 bridgehead atoms. The molecule has 1 aromatic heterocycles. The van der Waals surface area contributed by atoms with Crippen LogP contribution in [0, 0.1) is 0 Å². The Hall–Kier alpha value is -1.18. The minimum Gasteiger partial charge on any atom is -0.398 e. The van der Waals surface area contributed by atoms with Crippen LogP contribution in [0.2, 0.25) is 0 Å². The average molecular weight is 338 g/mol. The molecule has 1 aromatic rings. The molecule has 1 saturated heterocycles. The quantitative estimate of drug-likeness (QED) is 0.769. The number of hydrogen-bond acceptors (Lipinski definition) is 4. The molecular weight excluding hydrogens is 310 g/mol. The molecule has 0 saturated carbocycles. The van der Waals surface area contributed by atoms with Gasteiger partial charge in [0.1, 0.15) is 5.73 Å². The first kappa shape index (κ1) is 19.2. The highest BCUT2D eigenvalue weighted by Crippen LogP contribution is 2.39. The fourth-order valence-corrected chi connectivity index (χ4v) is 2.20. The zero-order chi connectivity index (χ0) is 18.2. The molecule has 1 aliphatic rings. The van der Waals surface area contributed by atoms with E-state index in [0.29, 0.717) is 18.7 Å². The van der Waals surface area contributed by atoms with Crippen molar-refractivity contribution in [3.63, 3.8) is 0 Å². The maximum atomic E-state index is 14.4. The van der Waals surface area contributed by atoms with Gasteiger partial charge >= 0.3 is 7.12 Å². The van der Waals surface area contributed by atoms with E-state index in [1.54, 1.807) is 17.1 Å². The van der Waals surface area contributed by atoms with E-state index < -0.39 is 24.0 Å². The van der Waals surface area contributed by atoms with Crippen molar-refractivity contribution in [2.75, 3.05) is 6.61 Å². The lowest BCUT2D eigenvalue weighted by molar-refractivity contribution is -0.00789. The summed E-state index contributed by atoms with van der Waals surface area (Å²) in [5, 5.41) is 4.22. The van der Waals surface area contributed by atoms with Crippen molar-refractivity contribution in [1.29, 1.82) is 0 Å². The predicted molar refractivity (Wildman–Crippen MR) is 93.1 cm³/mol. The van der Waals surface area contributed by atoms with E-state index in [1.807, 2.05) is 48.5 Å². The lowest BCUT2D eigenvalue weighted by Crippen LogP contribution is -2.41. The van der Waals surface area contributed by atoms with E-state index in [4.69, 9.17) is 14.0 Å². The van der Waals surface area contributed by atoms with Gasteiger partial charge in [-0.1, -0.05) is 0 Å². The van der Waals surface area contributed by atoms with Crippen molar-refractivity contribution in [2.24, 2.45) is 0 Å². The second-order valence-corrected chi connectivity index (χ2v) is 8.12. The molecule has 134 valence electrons. The van der Waals surface area contributed by atoms with Gasteiger partial charge in [-0.15, -0.1) is 0 Å². The normalized spacial score (nSPS) is 20.7. The van der Waals surface area contributed by atoms with Gasteiger partial charge in [0.25, 0.3) is 0 Å². The summed E-state index contributed by atoms with van der Waals surface area (Å²) in [6, 6.07) is 0. The molecule has 0 aromatic carbocycles. The number of rotatable bonds is 5. The minimum atomic E-state index is -0.984. The topological polar surface area (TPSA) is 45.5 Å². The van der Waals surface area contributed by atoms with Crippen LogP contribution in [-0.4, -0.2) is 40.3 Å². The van der Waals surface area contributed by atoms with Crippen LogP contribution in [0.4, 0.5) is 4.39 Å². The summed E-state index contributed by atoms with van der Waals surface area (Å²) in [6.07, 6.45) is 4.79. The first-order valence-corrected chi connectivity index (χ1v) is 8.29. The van der Waals surface area contributed by atoms with Crippen LogP contribution in [0.3, 0.4) is 0 Å². The Morgan fingerprint density at radius 3 is 2.42 bits per heavy atom. The summed E-state index contributed by atoms with van der Waals surface area (Å²) in [5.74, 6) is 0. The molecule has 2 rings (SSSR count). The Morgan fingerprint density at radius 1 is 1.29 bits per heavy atom. The van der Waals surface area contributed by atoms with E-state index in [9.17, 15) is 4.39 Å². The lowest BCUT2D eigenvalue weighted by atomic mass is 9.87. The molecule has 0 unspecified atom stereocenters. The fourth-order valence-electron chi connectivity index (χ4n) is 2.20. The zero-order valence-electron chi connectivity index (χ0n) is 15.7. The summed E-state index contributed by atoms with van der Waals surface area (Å²) in [7, 11) is -0.984. The predicted octanol–water partition coefficient (Wildman–Crippen LogP) is 3.64. The number of ether oxygens (including phenoxy) is 1. The minimum absolute atomic E-state index is 0.182. The summed E-state index contributed by atoms with van der Waals surface area (Å²) in [5.41, 5.74) is -1.09. The number of aromatic nitrogens is 2. The molecule has 0 spiro atoms. The second kappa shape index (κ2) is 6.62. The van der Waals surface area contributed by atoms with E-state index >= 15 is 0 Å². The maximum Gasteiger partial charge on any atom is 0.525 e. The standard InChI is InChI=1S/C17H28BFN2O3/c1-15(2,3)22-9-8-21-12-13(11-20-21)10-14(19)18-23-16(4,5)17(6,7)24-18/h10-12H,8-9H2,1-7H3. The molecule has 0 radical (unpaired) electrons. The van der Waals surface area contributed by atoms with Crippen molar-refractivity contribution in [3.05, 3.63) is 23.7 Å². The largest absolute Gasteiger partial charge is 0.525 e. The third-order valence-corrected chi connectivity index (χ3v) is 4.29. The Morgan fingerprint density at radius 2 is 1.88 bits per heavy atom. The van der Waals surface area contributed by atoms with Crippen LogP contribution in [0.5, 0.6) is 0 Å². The zero-order valence-corrected chi connectivity index (χ0v) is 15.7. The molecule has 7 heteroatoms. The van der Waals surface area contributed by atoms with Gasteiger partial charge < -0.3 is 14.0 Å². The molecule has 5 nitrogen and oxygen atoms in total. The highest BCUT2D eigenvalue weighted by Gasteiger charge is 2.53. The average Bonchev–Trinajstić information content (AvgIpc) is 2.91. The van der Waals surface area contributed by atoms with E-state index in [1.165, 1.54) is 6.08 Å². The molecule has 1 fully saturated rings. The van der Waals surface area contributed by atoms with Crippen molar-refractivity contribution in [3.8, 4) is 0 Å². The van der Waals surface area contributed by atoms with Gasteiger partial charge in [-0.05, 0) is 54.5 Å². The van der Waals surface area contributed by atoms with Gasteiger partial charge in [-0.3, -0.25) is 4.68 Å². The number of hydrogen-bond donors (Lipinski definition) is 0. The molecule has 1 aliphatic heterocycles. The van der Waals surface area contributed by atoms with Crippen LogP contribution in [-0.2, 0) is 20.6 Å². The Labute approximate surface area is 144 Å². The Balaban J connectivity index is 1.97. The summed E-state index contributed by atoms with van der Waals surface area (Å²) < 4.78 is 33.2. The molecule has 24 heavy (non-hydrogen) atoms. The van der Waals surface area contributed by atoms with E-state index in [2.05, 4.69) is 5.10 Å². The maximum absolute atomic E-state index is 14.4. The van der Waals surface area contributed by atoms with Crippen LogP contribution < -0.4 is 0 Å². The van der Waals surface area contributed by atoms with Crippen LogP contribution >= 0.6 is 0 Å². The van der Waals surface area contributed by atoms with Crippen LogP contribution in [0.15, 0.2) is 18.1 Å². The monoisotopic (exact) mass is 338 g/mol. The van der Waals surface area contributed by atoms with Gasteiger partial charge in [0.05, 0.1) is 36.2 Å². The number of nitrogens with zero attached hydrogens (tertiary/aromatic N) is 2. The van der Waals surface area contributed by atoms with Crippen molar-refractivity contribution >= 4 is 13.2 Å². The van der Waals surface area contributed by atoms with E-state index in [0.717, 1.165) is 0 Å². The summed E-state index contributed by atoms with van der Waals surface area (Å²) in [6.45, 7) is 14.8. The molecular formula is C17H28BFN2O3. The van der Waals surface area contributed by atoms with Crippen LogP contribution in [0.1, 0.15) is 54.0 Å². The molecule has 0 amide bonds. The van der Waals surface area contributed by atoms with Crippen molar-refractivity contribution < 1.29 is 18.4 Å². The Bertz CT molecular complexity index is 589. The fraction of sp³-hybridized carbons (Fsp3) is 0.706. The molecule has 0 atom stereocenters. The SMILES string of the molecule is CC(C)(C)OCCn1cc(C=C(F)B2OC(C)(C)C(C)(C)O2)cn1. The van der Waals surface area contributed by atoms with E-state index in [-0.39, 0.29) is 5.60 Å². The van der Waals surface area contributed by atoms with Gasteiger partial charge in [0.15, 0.2) is 0 Å². The smallest absolute Gasteiger partial charge is 0.398 e. The van der Waals surface area contributed by atoms with Crippen LogP contribution in [0.25, 0.3) is 6.08 Å². The van der Waals surface area contributed by atoms with Gasteiger partial charge in [-0.25, -0.2) is 4.39 Å². The Kier molecular flexibility index (Phi) is 5.28. The summed E-state index contributed by atoms with van der Waals surface area (Å²) >= 11 is 0. The first-order chi connectivity index (χ1) is 10.9. The van der Waals surface area contributed by atoms with Gasteiger partial charge in [0.2, 0.25) is 0 Å². The first-order valence-electron chi connectivity index (χ1n) is 8.29. The third kappa shape index (κ3) is 4.68. The van der Waals surface area contributed by atoms with Crippen molar-refractivity contribution in [2.45, 2.75) is 71.8 Å². The summed E-state index contributed by atoms with van der Waals surface area (Å²) in [4.78, 5) is 0. The molecule has 2 heterocycles. The second-order valence-electron chi connectivity index (χ2n) is 8.12.